The maximum atomic E-state index is 12.0. The lowest BCUT2D eigenvalue weighted by Crippen LogP contribution is -2.40. The Labute approximate surface area is 126 Å². The molecule has 1 aliphatic heterocycles. The van der Waals surface area contributed by atoms with Gasteiger partial charge in [0.25, 0.3) is 0 Å². The van der Waals surface area contributed by atoms with Gasteiger partial charge in [-0.05, 0) is 46.1 Å². The summed E-state index contributed by atoms with van der Waals surface area (Å²) in [6.45, 7) is 7.08. The molecular formula is C14H24Cl2N2O. The molecule has 19 heavy (non-hydrogen) atoms. The van der Waals surface area contributed by atoms with E-state index in [1.54, 1.807) is 0 Å². The maximum absolute atomic E-state index is 12.0. The molecule has 0 aromatic rings. The number of rotatable bonds is 5. The van der Waals surface area contributed by atoms with Crippen molar-refractivity contribution in [3.05, 3.63) is 0 Å². The van der Waals surface area contributed by atoms with Crippen LogP contribution in [-0.2, 0) is 4.79 Å². The molecule has 0 spiro atoms. The fourth-order valence-corrected chi connectivity index (χ4v) is 3.52. The van der Waals surface area contributed by atoms with E-state index in [2.05, 4.69) is 17.1 Å². The van der Waals surface area contributed by atoms with Crippen LogP contribution in [0.5, 0.6) is 0 Å². The van der Waals surface area contributed by atoms with Gasteiger partial charge in [-0.25, -0.2) is 0 Å². The molecule has 0 bridgehead atoms. The number of hydrogen-bond donors (Lipinski definition) is 1. The Bertz CT molecular complexity index is 348. The van der Waals surface area contributed by atoms with E-state index in [-0.39, 0.29) is 5.91 Å². The van der Waals surface area contributed by atoms with Gasteiger partial charge in [-0.3, -0.25) is 4.79 Å². The highest BCUT2D eigenvalue weighted by atomic mass is 35.5. The highest BCUT2D eigenvalue weighted by Gasteiger charge is 2.67. The quantitative estimate of drug-likeness (QED) is 0.625. The number of nitrogens with one attached hydrogen (secondary N) is 1. The van der Waals surface area contributed by atoms with E-state index >= 15 is 0 Å². The summed E-state index contributed by atoms with van der Waals surface area (Å²) >= 11 is 12.0. The average Bonchev–Trinajstić information content (AvgIpc) is 2.87. The van der Waals surface area contributed by atoms with Gasteiger partial charge < -0.3 is 10.2 Å². The van der Waals surface area contributed by atoms with Crippen molar-refractivity contribution in [1.29, 1.82) is 0 Å². The predicted octanol–water partition coefficient (Wildman–Crippen LogP) is 2.95. The molecule has 1 amide bonds. The number of carbonyl (C=O) groups is 1. The van der Waals surface area contributed by atoms with E-state index in [9.17, 15) is 4.79 Å². The van der Waals surface area contributed by atoms with Crippen LogP contribution in [-0.4, -0.2) is 40.8 Å². The summed E-state index contributed by atoms with van der Waals surface area (Å²) in [6.07, 6.45) is 5.49. The van der Waals surface area contributed by atoms with Crippen LogP contribution >= 0.6 is 23.2 Å². The zero-order chi connectivity index (χ0) is 14.1. The minimum atomic E-state index is -0.863. The third kappa shape index (κ3) is 3.37. The number of halogens is 2. The van der Waals surface area contributed by atoms with Gasteiger partial charge in [0.05, 0.1) is 5.41 Å². The van der Waals surface area contributed by atoms with Crippen LogP contribution in [0, 0.1) is 5.41 Å². The average molecular weight is 307 g/mol. The first-order valence-corrected chi connectivity index (χ1v) is 8.02. The van der Waals surface area contributed by atoms with Gasteiger partial charge in [0.2, 0.25) is 5.91 Å². The Kier molecular flexibility index (Phi) is 4.69. The summed E-state index contributed by atoms with van der Waals surface area (Å²) in [5.74, 6) is -0.0100. The molecule has 3 nitrogen and oxygen atoms in total. The summed E-state index contributed by atoms with van der Waals surface area (Å²) in [5.41, 5.74) is -0.589. The Hall–Kier alpha value is 0.01000. The minimum absolute atomic E-state index is 0.0100. The van der Waals surface area contributed by atoms with E-state index < -0.39 is 9.75 Å². The first-order chi connectivity index (χ1) is 8.87. The van der Waals surface area contributed by atoms with E-state index in [1.807, 2.05) is 6.92 Å². The standard InChI is InChI=1S/C14H24Cl2N2O/c1-11-6-3-4-8-18(11)9-5-7-17-12(19)13(2)10-14(13,15)16/h11H,3-10H2,1-2H3,(H,17,19). The fourth-order valence-electron chi connectivity index (χ4n) is 2.82. The second kappa shape index (κ2) is 5.79. The molecule has 110 valence electrons. The van der Waals surface area contributed by atoms with Crippen molar-refractivity contribution in [2.45, 2.75) is 56.3 Å². The number of alkyl halides is 2. The van der Waals surface area contributed by atoms with Crippen molar-refractivity contribution in [1.82, 2.24) is 10.2 Å². The molecule has 0 aromatic carbocycles. The van der Waals surface area contributed by atoms with Crippen LogP contribution < -0.4 is 5.32 Å². The first kappa shape index (κ1) is 15.4. The Balaban J connectivity index is 1.63. The van der Waals surface area contributed by atoms with Crippen molar-refractivity contribution in [2.75, 3.05) is 19.6 Å². The summed E-state index contributed by atoms with van der Waals surface area (Å²) in [7, 11) is 0. The lowest BCUT2D eigenvalue weighted by atomic mass is 10.0. The van der Waals surface area contributed by atoms with Gasteiger partial charge in [-0.1, -0.05) is 6.42 Å². The maximum Gasteiger partial charge on any atom is 0.229 e. The van der Waals surface area contributed by atoms with Gasteiger partial charge in [0.1, 0.15) is 4.33 Å². The predicted molar refractivity (Wildman–Crippen MR) is 79.7 cm³/mol. The van der Waals surface area contributed by atoms with Crippen LogP contribution in [0.2, 0.25) is 0 Å². The molecular weight excluding hydrogens is 283 g/mol. The van der Waals surface area contributed by atoms with Crippen LogP contribution in [0.25, 0.3) is 0 Å². The van der Waals surface area contributed by atoms with Crippen LogP contribution in [0.15, 0.2) is 0 Å². The number of amides is 1. The fraction of sp³-hybridized carbons (Fsp3) is 0.929. The van der Waals surface area contributed by atoms with Gasteiger partial charge in [-0.15, -0.1) is 23.2 Å². The number of piperidine rings is 1. The van der Waals surface area contributed by atoms with Crippen molar-refractivity contribution in [3.63, 3.8) is 0 Å². The van der Waals surface area contributed by atoms with Crippen LogP contribution in [0.4, 0.5) is 0 Å². The third-order valence-electron chi connectivity index (χ3n) is 4.61. The normalized spacial score (nSPS) is 34.0. The Morgan fingerprint density at radius 3 is 2.68 bits per heavy atom. The Morgan fingerprint density at radius 1 is 1.42 bits per heavy atom. The van der Waals surface area contributed by atoms with Crippen molar-refractivity contribution in [2.24, 2.45) is 5.41 Å². The van der Waals surface area contributed by atoms with Gasteiger partial charge in [0.15, 0.2) is 0 Å². The first-order valence-electron chi connectivity index (χ1n) is 7.27. The smallest absolute Gasteiger partial charge is 0.229 e. The Morgan fingerprint density at radius 2 is 2.11 bits per heavy atom. The van der Waals surface area contributed by atoms with Crippen LogP contribution in [0.3, 0.4) is 0 Å². The monoisotopic (exact) mass is 306 g/mol. The van der Waals surface area contributed by atoms with Gasteiger partial charge in [-0.2, -0.15) is 0 Å². The van der Waals surface area contributed by atoms with Crippen LogP contribution in [0.1, 0.15) is 46.0 Å². The van der Waals surface area contributed by atoms with E-state index in [1.165, 1.54) is 25.8 Å². The zero-order valence-corrected chi connectivity index (χ0v) is 13.4. The second-order valence-corrected chi connectivity index (χ2v) is 7.69. The highest BCUT2D eigenvalue weighted by Crippen LogP contribution is 2.63. The van der Waals surface area contributed by atoms with Gasteiger partial charge in [0, 0.05) is 19.1 Å². The van der Waals surface area contributed by atoms with Gasteiger partial charge >= 0.3 is 0 Å². The zero-order valence-electron chi connectivity index (χ0n) is 11.8. The lowest BCUT2D eigenvalue weighted by molar-refractivity contribution is -0.125. The largest absolute Gasteiger partial charge is 0.355 e. The van der Waals surface area contributed by atoms with E-state index in [4.69, 9.17) is 23.2 Å². The number of nitrogens with zero attached hydrogens (tertiary/aromatic N) is 1. The highest BCUT2D eigenvalue weighted by molar-refractivity contribution is 6.53. The number of hydrogen-bond acceptors (Lipinski definition) is 2. The summed E-state index contributed by atoms with van der Waals surface area (Å²) < 4.78 is -0.863. The number of likely N-dealkylation sites (tertiary alicyclic amines) is 1. The summed E-state index contributed by atoms with van der Waals surface area (Å²) in [6, 6.07) is 0.684. The second-order valence-electron chi connectivity index (χ2n) is 6.20. The van der Waals surface area contributed by atoms with Crippen molar-refractivity contribution >= 4 is 29.1 Å². The molecule has 2 aliphatic rings. The van der Waals surface area contributed by atoms with Crippen molar-refractivity contribution in [3.8, 4) is 0 Å². The molecule has 2 unspecified atom stereocenters. The SMILES string of the molecule is CC1CCCCN1CCCNC(=O)C1(C)CC1(Cl)Cl. The molecule has 0 aromatic heterocycles. The summed E-state index contributed by atoms with van der Waals surface area (Å²) in [5, 5.41) is 2.96. The molecule has 1 saturated carbocycles. The molecule has 2 atom stereocenters. The van der Waals surface area contributed by atoms with E-state index in [0.29, 0.717) is 19.0 Å². The molecule has 5 heteroatoms. The summed E-state index contributed by atoms with van der Waals surface area (Å²) in [4.78, 5) is 14.5. The third-order valence-corrected chi connectivity index (χ3v) is 5.71. The van der Waals surface area contributed by atoms with E-state index in [0.717, 1.165) is 13.0 Å². The lowest BCUT2D eigenvalue weighted by Gasteiger charge is -2.33. The molecule has 2 rings (SSSR count). The number of carbonyl (C=O) groups excluding carboxylic acids is 1. The molecule has 1 aliphatic carbocycles. The molecule has 0 radical (unpaired) electrons. The molecule has 1 N–H and O–H groups in total. The minimum Gasteiger partial charge on any atom is -0.355 e. The topological polar surface area (TPSA) is 32.3 Å². The molecule has 1 heterocycles. The van der Waals surface area contributed by atoms with Crippen molar-refractivity contribution < 1.29 is 4.79 Å². The molecule has 2 fully saturated rings. The molecule has 1 saturated heterocycles.